The molecule has 2 aromatic carbocycles. The van der Waals surface area contributed by atoms with Crippen molar-refractivity contribution in [3.63, 3.8) is 0 Å². The van der Waals surface area contributed by atoms with E-state index in [2.05, 4.69) is 102 Å². The molecule has 0 aliphatic heterocycles. The molecule has 2 aromatic rings. The third-order valence-corrected chi connectivity index (χ3v) is 9.16. The largest absolute Gasteiger partial charge is 0.375 e. The molecule has 0 heterocycles. The molecule has 0 amide bonds. The van der Waals surface area contributed by atoms with E-state index in [9.17, 15) is 0 Å². The van der Waals surface area contributed by atoms with Gasteiger partial charge in [-0.3, -0.25) is 0 Å². The van der Waals surface area contributed by atoms with E-state index in [4.69, 9.17) is 0 Å². The number of halogens is 1. The average Bonchev–Trinajstić information content (AvgIpc) is 3.53. The maximum atomic E-state index is 3.94. The highest BCUT2D eigenvalue weighted by molar-refractivity contribution is 9.10. The van der Waals surface area contributed by atoms with Crippen LogP contribution in [0.4, 0.5) is 5.69 Å². The van der Waals surface area contributed by atoms with Crippen LogP contribution >= 0.6 is 15.9 Å². The Bertz CT molecular complexity index is 1110. The number of benzene rings is 2. The van der Waals surface area contributed by atoms with Gasteiger partial charge in [0, 0.05) is 21.5 Å². The second-order valence-corrected chi connectivity index (χ2v) is 11.8. The maximum Gasteiger partial charge on any atom is 0.0632 e. The molecule has 3 aliphatic carbocycles. The number of unbranched alkanes of at least 4 members (excludes halogenated alkanes) is 6. The first kappa shape index (κ1) is 24.6. The van der Waals surface area contributed by atoms with Crippen LogP contribution in [-0.2, 0) is 5.41 Å². The van der Waals surface area contributed by atoms with Gasteiger partial charge in [0.25, 0.3) is 0 Å². The molecule has 0 aromatic heterocycles. The van der Waals surface area contributed by atoms with Gasteiger partial charge in [0.05, 0.1) is 5.54 Å². The minimum Gasteiger partial charge on any atom is -0.375 e. The van der Waals surface area contributed by atoms with E-state index in [1.807, 2.05) is 0 Å². The third-order valence-electron chi connectivity index (χ3n) is 8.63. The predicted octanol–water partition coefficient (Wildman–Crippen LogP) is 10.0. The molecule has 184 valence electrons. The summed E-state index contributed by atoms with van der Waals surface area (Å²) in [6.07, 6.45) is 21.1. The molecule has 0 saturated heterocycles. The van der Waals surface area contributed by atoms with Gasteiger partial charge < -0.3 is 5.32 Å². The maximum absolute atomic E-state index is 3.94. The van der Waals surface area contributed by atoms with Crippen LogP contribution in [0.1, 0.15) is 88.7 Å². The fourth-order valence-electron chi connectivity index (χ4n) is 6.83. The summed E-state index contributed by atoms with van der Waals surface area (Å²) >= 11 is 3.58. The van der Waals surface area contributed by atoms with Crippen molar-refractivity contribution in [1.82, 2.24) is 0 Å². The van der Waals surface area contributed by atoms with Gasteiger partial charge in [-0.25, -0.2) is 0 Å². The molecular weight excluding hydrogens is 490 g/mol. The molecule has 35 heavy (non-hydrogen) atoms. The molecular formula is C33H40BrN. The fourth-order valence-corrected chi connectivity index (χ4v) is 7.09. The lowest BCUT2D eigenvalue weighted by Crippen LogP contribution is -2.32. The van der Waals surface area contributed by atoms with Crippen LogP contribution in [0.5, 0.6) is 0 Å². The number of anilines is 1. The zero-order chi connectivity index (χ0) is 24.3. The number of nitrogens with one attached hydrogen (secondary N) is 1. The van der Waals surface area contributed by atoms with Crippen LogP contribution in [0.3, 0.4) is 0 Å². The minimum atomic E-state index is 0.0756. The highest BCUT2D eigenvalue weighted by Gasteiger charge is 2.62. The summed E-state index contributed by atoms with van der Waals surface area (Å²) in [4.78, 5) is 0. The standard InChI is InChI=1S/C33H40BrN/c1-3-5-7-9-13-22-32(21-12-8-6-4-2)29-15-11-10-14-27(29)28-20-23-33(24-30(33)31(28)32)35-26-18-16-25(34)17-19-26/h3,10-11,14-20,23,30,35H,1,4-9,12-13,21-22,24H2,2H3. The van der Waals surface area contributed by atoms with E-state index in [1.165, 1.54) is 81.0 Å². The van der Waals surface area contributed by atoms with Crippen LogP contribution in [0.25, 0.3) is 5.57 Å². The second-order valence-electron chi connectivity index (χ2n) is 10.9. The van der Waals surface area contributed by atoms with E-state index in [0.717, 1.165) is 10.9 Å². The molecule has 1 saturated carbocycles. The van der Waals surface area contributed by atoms with Crippen LogP contribution in [0, 0.1) is 5.92 Å². The van der Waals surface area contributed by atoms with Gasteiger partial charge in [-0.1, -0.05) is 104 Å². The summed E-state index contributed by atoms with van der Waals surface area (Å²) in [5.74, 6) is 0.595. The lowest BCUT2D eigenvalue weighted by Gasteiger charge is -2.37. The highest BCUT2D eigenvalue weighted by Crippen LogP contribution is 2.66. The van der Waals surface area contributed by atoms with Crippen molar-refractivity contribution in [2.45, 2.75) is 88.5 Å². The Labute approximate surface area is 220 Å². The SMILES string of the molecule is C=CCCCCCC1(CCCCCC)C2=C(C=CC3(Nc4ccc(Br)cc4)CC23)c2ccccc21. The molecule has 2 heteroatoms. The van der Waals surface area contributed by atoms with Crippen molar-refractivity contribution in [2.24, 2.45) is 5.92 Å². The minimum absolute atomic E-state index is 0.0756. The lowest BCUT2D eigenvalue weighted by molar-refractivity contribution is 0.377. The summed E-state index contributed by atoms with van der Waals surface area (Å²) < 4.78 is 1.13. The zero-order valence-corrected chi connectivity index (χ0v) is 22.9. The predicted molar refractivity (Wildman–Crippen MR) is 155 cm³/mol. The quantitative estimate of drug-likeness (QED) is 0.201. The van der Waals surface area contributed by atoms with Crippen LogP contribution in [0.2, 0.25) is 0 Å². The molecule has 3 unspecified atom stereocenters. The summed E-state index contributed by atoms with van der Waals surface area (Å²) in [5.41, 5.74) is 7.91. The molecule has 3 atom stereocenters. The van der Waals surface area contributed by atoms with Crippen molar-refractivity contribution in [2.75, 3.05) is 5.32 Å². The van der Waals surface area contributed by atoms with E-state index < -0.39 is 0 Å². The Morgan fingerprint density at radius 1 is 0.971 bits per heavy atom. The number of allylic oxidation sites excluding steroid dienone is 3. The summed E-state index contributed by atoms with van der Waals surface area (Å²) in [7, 11) is 0. The van der Waals surface area contributed by atoms with Crippen molar-refractivity contribution < 1.29 is 0 Å². The topological polar surface area (TPSA) is 12.0 Å². The Morgan fingerprint density at radius 3 is 2.46 bits per heavy atom. The van der Waals surface area contributed by atoms with Crippen LogP contribution in [-0.4, -0.2) is 5.54 Å². The molecule has 0 bridgehead atoms. The average molecular weight is 531 g/mol. The van der Waals surface area contributed by atoms with Gasteiger partial charge in [-0.15, -0.1) is 6.58 Å². The van der Waals surface area contributed by atoms with Gasteiger partial charge in [0.15, 0.2) is 0 Å². The molecule has 1 N–H and O–H groups in total. The summed E-state index contributed by atoms with van der Waals surface area (Å²) in [6, 6.07) is 18.0. The van der Waals surface area contributed by atoms with Crippen molar-refractivity contribution in [3.8, 4) is 0 Å². The number of rotatable bonds is 13. The third kappa shape index (κ3) is 4.71. The summed E-state index contributed by atoms with van der Waals surface area (Å²) in [6.45, 7) is 6.25. The Balaban J connectivity index is 1.47. The van der Waals surface area contributed by atoms with Crippen LogP contribution in [0.15, 0.2) is 83.4 Å². The van der Waals surface area contributed by atoms with Gasteiger partial charge in [-0.2, -0.15) is 0 Å². The van der Waals surface area contributed by atoms with E-state index in [-0.39, 0.29) is 11.0 Å². The molecule has 0 spiro atoms. The molecule has 1 fully saturated rings. The second kappa shape index (κ2) is 10.5. The van der Waals surface area contributed by atoms with Gasteiger partial charge in [-0.05, 0) is 78.6 Å². The number of hydrogen-bond donors (Lipinski definition) is 1. The van der Waals surface area contributed by atoms with Gasteiger partial charge in [0.1, 0.15) is 0 Å². The zero-order valence-electron chi connectivity index (χ0n) is 21.3. The monoisotopic (exact) mass is 529 g/mol. The first-order valence-corrected chi connectivity index (χ1v) is 14.6. The highest BCUT2D eigenvalue weighted by atomic mass is 79.9. The Kier molecular flexibility index (Phi) is 7.39. The Hall–Kier alpha value is -2.06. The molecule has 0 radical (unpaired) electrons. The van der Waals surface area contributed by atoms with Gasteiger partial charge >= 0.3 is 0 Å². The van der Waals surface area contributed by atoms with Crippen molar-refractivity contribution in [3.05, 3.63) is 94.5 Å². The number of hydrogen-bond acceptors (Lipinski definition) is 1. The molecule has 5 rings (SSSR count). The summed E-state index contributed by atoms with van der Waals surface area (Å²) in [5, 5.41) is 3.94. The van der Waals surface area contributed by atoms with E-state index >= 15 is 0 Å². The normalized spacial score (nSPS) is 25.7. The Morgan fingerprint density at radius 2 is 1.71 bits per heavy atom. The fraction of sp³-hybridized carbons (Fsp3) is 0.455. The molecule has 1 nitrogen and oxygen atoms in total. The molecule has 3 aliphatic rings. The first-order valence-electron chi connectivity index (χ1n) is 13.8. The van der Waals surface area contributed by atoms with Crippen molar-refractivity contribution in [1.29, 1.82) is 0 Å². The lowest BCUT2D eigenvalue weighted by atomic mass is 9.67. The van der Waals surface area contributed by atoms with E-state index in [0.29, 0.717) is 5.92 Å². The number of fused-ring (bicyclic) bond motifs is 4. The van der Waals surface area contributed by atoms with Gasteiger partial charge in [0.2, 0.25) is 0 Å². The van der Waals surface area contributed by atoms with E-state index in [1.54, 1.807) is 11.1 Å². The van der Waals surface area contributed by atoms with Crippen LogP contribution < -0.4 is 5.32 Å². The first-order chi connectivity index (χ1) is 17.1. The van der Waals surface area contributed by atoms with Crippen molar-refractivity contribution >= 4 is 27.2 Å². The smallest absolute Gasteiger partial charge is 0.0632 e.